The largest absolute Gasteiger partial charge is 0.328 e. The standard InChI is InChI=1S/C15H15ClFNS/c1-10(18)8-11-6-7-15(13(17)9-11)19-14-5-3-2-4-12(14)16/h2-7,9-10H,8,18H2,1H3. The molecule has 0 heterocycles. The molecule has 2 N–H and O–H groups in total. The first kappa shape index (κ1) is 14.4. The van der Waals surface area contributed by atoms with E-state index < -0.39 is 0 Å². The minimum absolute atomic E-state index is 0.0291. The van der Waals surface area contributed by atoms with E-state index in [0.717, 1.165) is 10.5 Å². The molecule has 0 saturated heterocycles. The van der Waals surface area contributed by atoms with Crippen LogP contribution in [0.15, 0.2) is 52.3 Å². The van der Waals surface area contributed by atoms with Crippen LogP contribution in [0.4, 0.5) is 4.39 Å². The molecule has 0 aliphatic carbocycles. The number of nitrogens with two attached hydrogens (primary N) is 1. The lowest BCUT2D eigenvalue weighted by molar-refractivity contribution is 0.597. The Bertz CT molecular complexity index is 572. The molecule has 2 aromatic rings. The van der Waals surface area contributed by atoms with Gasteiger partial charge in [0, 0.05) is 15.8 Å². The van der Waals surface area contributed by atoms with Crippen molar-refractivity contribution in [3.8, 4) is 0 Å². The molecule has 1 unspecified atom stereocenters. The number of rotatable bonds is 4. The summed E-state index contributed by atoms with van der Waals surface area (Å²) in [6.45, 7) is 1.91. The van der Waals surface area contributed by atoms with Gasteiger partial charge in [-0.05, 0) is 43.2 Å². The van der Waals surface area contributed by atoms with Gasteiger partial charge in [0.1, 0.15) is 5.82 Å². The van der Waals surface area contributed by atoms with Crippen molar-refractivity contribution in [2.24, 2.45) is 5.73 Å². The average Bonchev–Trinajstić information content (AvgIpc) is 2.34. The molecule has 19 heavy (non-hydrogen) atoms. The van der Waals surface area contributed by atoms with E-state index >= 15 is 0 Å². The van der Waals surface area contributed by atoms with Crippen molar-refractivity contribution < 1.29 is 4.39 Å². The molecule has 0 fully saturated rings. The summed E-state index contributed by atoms with van der Waals surface area (Å²) in [4.78, 5) is 1.42. The topological polar surface area (TPSA) is 26.0 Å². The minimum atomic E-state index is -0.233. The van der Waals surface area contributed by atoms with Crippen LogP contribution in [0.2, 0.25) is 5.02 Å². The van der Waals surface area contributed by atoms with E-state index in [1.807, 2.05) is 31.2 Å². The summed E-state index contributed by atoms with van der Waals surface area (Å²) >= 11 is 7.40. The molecule has 0 bridgehead atoms. The van der Waals surface area contributed by atoms with E-state index in [1.54, 1.807) is 18.2 Å². The number of hydrogen-bond acceptors (Lipinski definition) is 2. The molecule has 2 rings (SSSR count). The Labute approximate surface area is 122 Å². The molecule has 0 radical (unpaired) electrons. The summed E-state index contributed by atoms with van der Waals surface area (Å²) < 4.78 is 14.0. The summed E-state index contributed by atoms with van der Waals surface area (Å²) in [5, 5.41) is 0.631. The Morgan fingerprint density at radius 2 is 1.95 bits per heavy atom. The van der Waals surface area contributed by atoms with Crippen LogP contribution in [0, 0.1) is 5.82 Å². The van der Waals surface area contributed by atoms with Gasteiger partial charge in [-0.3, -0.25) is 0 Å². The highest BCUT2D eigenvalue weighted by molar-refractivity contribution is 7.99. The van der Waals surface area contributed by atoms with Gasteiger partial charge in [0.15, 0.2) is 0 Å². The molecule has 2 aromatic carbocycles. The Balaban J connectivity index is 2.20. The van der Waals surface area contributed by atoms with Crippen molar-refractivity contribution >= 4 is 23.4 Å². The van der Waals surface area contributed by atoms with Gasteiger partial charge in [0.25, 0.3) is 0 Å². The smallest absolute Gasteiger partial charge is 0.137 e. The van der Waals surface area contributed by atoms with Crippen LogP contribution < -0.4 is 5.73 Å². The van der Waals surface area contributed by atoms with Crippen LogP contribution in [0.25, 0.3) is 0 Å². The number of hydrogen-bond donors (Lipinski definition) is 1. The maximum atomic E-state index is 14.0. The van der Waals surface area contributed by atoms with Gasteiger partial charge in [-0.25, -0.2) is 4.39 Å². The van der Waals surface area contributed by atoms with Gasteiger partial charge in [0.2, 0.25) is 0 Å². The molecule has 0 aromatic heterocycles. The lowest BCUT2D eigenvalue weighted by Crippen LogP contribution is -2.17. The summed E-state index contributed by atoms with van der Waals surface area (Å²) in [6, 6.07) is 12.7. The van der Waals surface area contributed by atoms with Crippen LogP contribution in [0.3, 0.4) is 0 Å². The van der Waals surface area contributed by atoms with Crippen LogP contribution in [0.1, 0.15) is 12.5 Å². The van der Waals surface area contributed by atoms with E-state index in [2.05, 4.69) is 0 Å². The Morgan fingerprint density at radius 3 is 2.58 bits per heavy atom. The predicted molar refractivity (Wildman–Crippen MR) is 79.3 cm³/mol. The molecule has 1 atom stereocenters. The molecule has 0 amide bonds. The Hall–Kier alpha value is -1.03. The van der Waals surface area contributed by atoms with Gasteiger partial charge in [-0.1, -0.05) is 41.6 Å². The first-order chi connectivity index (χ1) is 9.06. The van der Waals surface area contributed by atoms with Crippen LogP contribution in [0.5, 0.6) is 0 Å². The fourth-order valence-electron chi connectivity index (χ4n) is 1.77. The molecular weight excluding hydrogens is 281 g/mol. The third-order valence-electron chi connectivity index (χ3n) is 2.61. The monoisotopic (exact) mass is 295 g/mol. The Morgan fingerprint density at radius 1 is 1.21 bits per heavy atom. The second-order valence-corrected chi connectivity index (χ2v) is 5.97. The van der Waals surface area contributed by atoms with E-state index in [9.17, 15) is 4.39 Å². The average molecular weight is 296 g/mol. The van der Waals surface area contributed by atoms with Crippen molar-refractivity contribution in [2.75, 3.05) is 0 Å². The van der Waals surface area contributed by atoms with Crippen LogP contribution in [-0.4, -0.2) is 6.04 Å². The maximum Gasteiger partial charge on any atom is 0.137 e. The predicted octanol–water partition coefficient (Wildman–Crippen LogP) is 4.52. The zero-order chi connectivity index (χ0) is 13.8. The molecule has 100 valence electrons. The molecular formula is C15H15ClFNS. The number of benzene rings is 2. The number of halogens is 2. The van der Waals surface area contributed by atoms with E-state index in [-0.39, 0.29) is 11.9 Å². The molecule has 0 saturated carbocycles. The molecule has 1 nitrogen and oxygen atoms in total. The summed E-state index contributed by atoms with van der Waals surface area (Å²) in [5.74, 6) is -0.233. The van der Waals surface area contributed by atoms with Crippen molar-refractivity contribution in [3.05, 3.63) is 58.9 Å². The summed E-state index contributed by atoms with van der Waals surface area (Å²) in [6.07, 6.45) is 0.675. The van der Waals surface area contributed by atoms with Gasteiger partial charge in [0.05, 0.1) is 5.02 Å². The molecule has 0 spiro atoms. The lowest BCUT2D eigenvalue weighted by Gasteiger charge is -2.08. The highest BCUT2D eigenvalue weighted by atomic mass is 35.5. The van der Waals surface area contributed by atoms with Crippen molar-refractivity contribution in [3.63, 3.8) is 0 Å². The van der Waals surface area contributed by atoms with E-state index in [4.69, 9.17) is 17.3 Å². The SMILES string of the molecule is CC(N)Cc1ccc(Sc2ccccc2Cl)c(F)c1. The maximum absolute atomic E-state index is 14.0. The van der Waals surface area contributed by atoms with Gasteiger partial charge in [-0.15, -0.1) is 0 Å². The van der Waals surface area contributed by atoms with E-state index in [1.165, 1.54) is 11.8 Å². The normalized spacial score (nSPS) is 12.4. The van der Waals surface area contributed by atoms with Gasteiger partial charge >= 0.3 is 0 Å². The zero-order valence-corrected chi connectivity index (χ0v) is 12.1. The lowest BCUT2D eigenvalue weighted by atomic mass is 10.1. The zero-order valence-electron chi connectivity index (χ0n) is 10.6. The fraction of sp³-hybridized carbons (Fsp3) is 0.200. The molecule has 0 aliphatic rings. The van der Waals surface area contributed by atoms with Gasteiger partial charge in [-0.2, -0.15) is 0 Å². The van der Waals surface area contributed by atoms with Crippen LogP contribution >= 0.6 is 23.4 Å². The van der Waals surface area contributed by atoms with Gasteiger partial charge < -0.3 is 5.73 Å². The highest BCUT2D eigenvalue weighted by Crippen LogP contribution is 2.34. The van der Waals surface area contributed by atoms with Crippen molar-refractivity contribution in [1.82, 2.24) is 0 Å². The molecule has 4 heteroatoms. The molecule has 0 aliphatic heterocycles. The van der Waals surface area contributed by atoms with Crippen LogP contribution in [-0.2, 0) is 6.42 Å². The van der Waals surface area contributed by atoms with E-state index in [0.29, 0.717) is 16.3 Å². The second-order valence-electron chi connectivity index (χ2n) is 4.48. The first-order valence-electron chi connectivity index (χ1n) is 6.02. The highest BCUT2D eigenvalue weighted by Gasteiger charge is 2.08. The third kappa shape index (κ3) is 3.96. The summed E-state index contributed by atoms with van der Waals surface area (Å²) in [5.41, 5.74) is 6.62. The fourth-order valence-corrected chi connectivity index (χ4v) is 2.86. The van der Waals surface area contributed by atoms with Crippen molar-refractivity contribution in [1.29, 1.82) is 0 Å². The minimum Gasteiger partial charge on any atom is -0.328 e. The Kier molecular flexibility index (Phi) is 4.86. The second kappa shape index (κ2) is 6.42. The third-order valence-corrected chi connectivity index (χ3v) is 4.18. The first-order valence-corrected chi connectivity index (χ1v) is 7.22. The quantitative estimate of drug-likeness (QED) is 0.897. The van der Waals surface area contributed by atoms with Crippen molar-refractivity contribution in [2.45, 2.75) is 29.2 Å². The summed E-state index contributed by atoms with van der Waals surface area (Å²) in [7, 11) is 0.